The largest absolute Gasteiger partial charge is 0.507 e. The van der Waals surface area contributed by atoms with Gasteiger partial charge in [-0.2, -0.15) is 0 Å². The molecule has 0 saturated carbocycles. The summed E-state index contributed by atoms with van der Waals surface area (Å²) in [5.41, 5.74) is 2.41. The minimum Gasteiger partial charge on any atom is -0.507 e. The number of thiophene rings is 1. The number of ketones is 1. The molecule has 0 aliphatic carbocycles. The molecule has 1 aliphatic heterocycles. The molecule has 0 spiro atoms. The molecule has 0 bridgehead atoms. The minimum absolute atomic E-state index is 0.0191. The zero-order valence-corrected chi connectivity index (χ0v) is 17.2. The lowest BCUT2D eigenvalue weighted by Crippen LogP contribution is -2.29. The molecule has 2 aromatic heterocycles. The molecule has 7 heteroatoms. The Morgan fingerprint density at radius 1 is 1.13 bits per heavy atom. The van der Waals surface area contributed by atoms with Crippen LogP contribution < -0.4 is 0 Å². The number of aryl methyl sites for hydroxylation is 2. The fourth-order valence-corrected chi connectivity index (χ4v) is 4.66. The predicted molar refractivity (Wildman–Crippen MR) is 112 cm³/mol. The van der Waals surface area contributed by atoms with Crippen molar-refractivity contribution >= 4 is 28.8 Å². The number of aliphatic hydroxyl groups is 1. The zero-order chi connectivity index (χ0) is 21.4. The molecule has 3 aromatic rings. The van der Waals surface area contributed by atoms with E-state index in [4.69, 9.17) is 0 Å². The van der Waals surface area contributed by atoms with Crippen LogP contribution in [-0.4, -0.2) is 26.7 Å². The van der Waals surface area contributed by atoms with Gasteiger partial charge in [-0.05, 0) is 72.3 Å². The van der Waals surface area contributed by atoms with E-state index in [0.29, 0.717) is 11.1 Å². The quantitative estimate of drug-likeness (QED) is 0.381. The first-order chi connectivity index (χ1) is 14.4. The van der Waals surface area contributed by atoms with Crippen LogP contribution in [0.4, 0.5) is 4.39 Å². The maximum absolute atomic E-state index is 13.7. The van der Waals surface area contributed by atoms with Gasteiger partial charge in [0.15, 0.2) is 0 Å². The number of carbonyl (C=O) groups excluding carboxylic acids is 2. The molecular weight excluding hydrogens is 403 g/mol. The van der Waals surface area contributed by atoms with E-state index < -0.39 is 23.5 Å². The third kappa shape index (κ3) is 3.41. The third-order valence-electron chi connectivity index (χ3n) is 5.22. The Balaban J connectivity index is 1.87. The lowest BCUT2D eigenvalue weighted by atomic mass is 9.97. The molecular formula is C23H19FN2O3S. The topological polar surface area (TPSA) is 70.5 Å². The molecule has 1 amide bonds. The molecule has 0 radical (unpaired) electrons. The molecule has 1 atom stereocenters. The van der Waals surface area contributed by atoms with Gasteiger partial charge < -0.3 is 10.0 Å². The molecule has 1 fully saturated rings. The highest BCUT2D eigenvalue weighted by Gasteiger charge is 2.47. The maximum Gasteiger partial charge on any atom is 0.295 e. The lowest BCUT2D eigenvalue weighted by Gasteiger charge is -2.25. The molecule has 30 heavy (non-hydrogen) atoms. The molecule has 1 N–H and O–H groups in total. The Morgan fingerprint density at radius 2 is 1.87 bits per heavy atom. The van der Waals surface area contributed by atoms with Crippen LogP contribution in [0.15, 0.2) is 59.7 Å². The van der Waals surface area contributed by atoms with Gasteiger partial charge in [0.2, 0.25) is 0 Å². The highest BCUT2D eigenvalue weighted by Crippen LogP contribution is 2.43. The van der Waals surface area contributed by atoms with Crippen molar-refractivity contribution in [3.63, 3.8) is 0 Å². The van der Waals surface area contributed by atoms with Crippen LogP contribution in [0, 0.1) is 19.7 Å². The van der Waals surface area contributed by atoms with E-state index in [2.05, 4.69) is 4.98 Å². The van der Waals surface area contributed by atoms with Crippen molar-refractivity contribution in [3.05, 3.63) is 92.7 Å². The monoisotopic (exact) mass is 422 g/mol. The van der Waals surface area contributed by atoms with E-state index in [1.54, 1.807) is 31.5 Å². The number of aliphatic hydroxyl groups excluding tert-OH is 1. The van der Waals surface area contributed by atoms with Gasteiger partial charge in [-0.3, -0.25) is 14.6 Å². The summed E-state index contributed by atoms with van der Waals surface area (Å²) >= 11 is 1.42. The van der Waals surface area contributed by atoms with Gasteiger partial charge in [-0.15, -0.1) is 11.3 Å². The van der Waals surface area contributed by atoms with Crippen molar-refractivity contribution < 1.29 is 19.1 Å². The molecule has 1 aromatic carbocycles. The van der Waals surface area contributed by atoms with Gasteiger partial charge in [-0.1, -0.05) is 0 Å². The fraction of sp³-hybridized carbons (Fsp3) is 0.174. The third-order valence-corrected chi connectivity index (χ3v) is 6.30. The van der Waals surface area contributed by atoms with Gasteiger partial charge in [0.05, 0.1) is 5.57 Å². The van der Waals surface area contributed by atoms with Crippen LogP contribution in [0.25, 0.3) is 5.76 Å². The number of hydrogen-bond donors (Lipinski definition) is 1. The first-order valence-corrected chi connectivity index (χ1v) is 10.2. The Labute approximate surface area is 177 Å². The SMILES string of the molecule is Cc1cc(/C(O)=C2/C(=O)C(=O)N(Cc3ccncc3)C2c2sccc2C)ccc1F. The molecule has 1 unspecified atom stereocenters. The summed E-state index contributed by atoms with van der Waals surface area (Å²) in [5, 5.41) is 12.9. The number of Topliss-reactive ketones (excluding diaryl/α,β-unsaturated/α-hetero) is 1. The lowest BCUT2D eigenvalue weighted by molar-refractivity contribution is -0.140. The summed E-state index contributed by atoms with van der Waals surface area (Å²) in [6, 6.07) is 8.87. The van der Waals surface area contributed by atoms with E-state index in [0.717, 1.165) is 16.0 Å². The van der Waals surface area contributed by atoms with E-state index >= 15 is 0 Å². The van der Waals surface area contributed by atoms with Crippen LogP contribution in [-0.2, 0) is 16.1 Å². The van der Waals surface area contributed by atoms with Gasteiger partial charge in [0, 0.05) is 29.4 Å². The first kappa shape index (κ1) is 20.0. The second-order valence-corrected chi connectivity index (χ2v) is 8.16. The van der Waals surface area contributed by atoms with Gasteiger partial charge in [0.1, 0.15) is 17.6 Å². The van der Waals surface area contributed by atoms with Crippen molar-refractivity contribution in [2.24, 2.45) is 0 Å². The Bertz CT molecular complexity index is 1170. The second-order valence-electron chi connectivity index (χ2n) is 7.21. The van der Waals surface area contributed by atoms with E-state index in [-0.39, 0.29) is 17.9 Å². The number of benzene rings is 1. The second kappa shape index (κ2) is 7.84. The summed E-state index contributed by atoms with van der Waals surface area (Å²) in [5.74, 6) is -2.13. The summed E-state index contributed by atoms with van der Waals surface area (Å²) in [6.07, 6.45) is 3.25. The molecule has 4 rings (SSSR count). The molecule has 5 nitrogen and oxygen atoms in total. The minimum atomic E-state index is -0.749. The standard InChI is InChI=1S/C23H19FN2O3S/c1-13-7-10-30-22(13)19-18(20(27)16-3-4-17(24)14(2)11-16)21(28)23(29)26(19)12-15-5-8-25-9-6-15/h3-11,19,27H,12H2,1-2H3/b20-18-. The zero-order valence-electron chi connectivity index (χ0n) is 16.4. The van der Waals surface area contributed by atoms with Crippen molar-refractivity contribution in [1.82, 2.24) is 9.88 Å². The number of amides is 1. The first-order valence-electron chi connectivity index (χ1n) is 9.36. The van der Waals surface area contributed by atoms with Crippen molar-refractivity contribution in [2.75, 3.05) is 0 Å². The van der Waals surface area contributed by atoms with Crippen LogP contribution >= 0.6 is 11.3 Å². The number of pyridine rings is 1. The normalized spacial score (nSPS) is 18.2. The average molecular weight is 422 g/mol. The fourth-order valence-electron chi connectivity index (χ4n) is 3.61. The van der Waals surface area contributed by atoms with Crippen LogP contribution in [0.1, 0.15) is 33.2 Å². The Hall–Kier alpha value is -3.32. The molecule has 152 valence electrons. The van der Waals surface area contributed by atoms with Crippen molar-refractivity contribution in [1.29, 1.82) is 0 Å². The van der Waals surface area contributed by atoms with Crippen molar-refractivity contribution in [3.8, 4) is 0 Å². The number of halogens is 1. The summed E-state index contributed by atoms with van der Waals surface area (Å²) in [6.45, 7) is 3.68. The molecule has 1 aliphatic rings. The number of aromatic nitrogens is 1. The van der Waals surface area contributed by atoms with Gasteiger partial charge in [-0.25, -0.2) is 4.39 Å². The molecule has 3 heterocycles. The summed E-state index contributed by atoms with van der Waals surface area (Å²) in [4.78, 5) is 32.2. The van der Waals surface area contributed by atoms with Crippen LogP contribution in [0.3, 0.4) is 0 Å². The van der Waals surface area contributed by atoms with Crippen LogP contribution in [0.2, 0.25) is 0 Å². The summed E-state index contributed by atoms with van der Waals surface area (Å²) < 4.78 is 13.7. The van der Waals surface area contributed by atoms with E-state index in [1.807, 2.05) is 18.4 Å². The number of likely N-dealkylation sites (tertiary alicyclic amines) is 1. The Morgan fingerprint density at radius 3 is 2.50 bits per heavy atom. The summed E-state index contributed by atoms with van der Waals surface area (Å²) in [7, 11) is 0. The smallest absolute Gasteiger partial charge is 0.295 e. The number of nitrogens with zero attached hydrogens (tertiary/aromatic N) is 2. The number of hydrogen-bond acceptors (Lipinski definition) is 5. The van der Waals surface area contributed by atoms with E-state index in [1.165, 1.54) is 34.4 Å². The highest BCUT2D eigenvalue weighted by atomic mass is 32.1. The average Bonchev–Trinajstić information content (AvgIpc) is 3.26. The number of rotatable bonds is 4. The van der Waals surface area contributed by atoms with Crippen LogP contribution in [0.5, 0.6) is 0 Å². The van der Waals surface area contributed by atoms with Crippen molar-refractivity contribution in [2.45, 2.75) is 26.4 Å². The predicted octanol–water partition coefficient (Wildman–Crippen LogP) is 4.52. The van der Waals surface area contributed by atoms with Gasteiger partial charge in [0.25, 0.3) is 11.7 Å². The Kier molecular flexibility index (Phi) is 5.22. The maximum atomic E-state index is 13.7. The van der Waals surface area contributed by atoms with Gasteiger partial charge >= 0.3 is 0 Å². The number of carbonyl (C=O) groups is 2. The molecule has 1 saturated heterocycles. The highest BCUT2D eigenvalue weighted by molar-refractivity contribution is 7.10. The van der Waals surface area contributed by atoms with E-state index in [9.17, 15) is 19.1 Å².